The van der Waals surface area contributed by atoms with E-state index >= 15 is 0 Å². The lowest BCUT2D eigenvalue weighted by atomic mass is 9.92. The highest BCUT2D eigenvalue weighted by molar-refractivity contribution is 5.97. The maximum absolute atomic E-state index is 12.4. The summed E-state index contributed by atoms with van der Waals surface area (Å²) in [4.78, 5) is 25.7. The number of anilines is 1. The van der Waals surface area contributed by atoms with Crippen LogP contribution in [-0.4, -0.2) is 35.6 Å². The molecule has 0 unspecified atom stereocenters. The van der Waals surface area contributed by atoms with Gasteiger partial charge in [-0.05, 0) is 43.0 Å². The molecule has 2 amide bonds. The molecule has 0 fully saturated rings. The first-order valence-corrected chi connectivity index (χ1v) is 8.82. The fraction of sp³-hybridized carbons (Fsp3) is 0.579. The average Bonchev–Trinajstić information content (AvgIpc) is 2.96. The Bertz CT molecular complexity index is 607. The Hall–Kier alpha value is -1.88. The molecule has 2 rings (SSSR count). The SMILES string of the molecule is CCCC(O)(CCC)CNC(=O)c1ccc2c(c1)CCN2C(C)=O. The molecule has 1 aliphatic rings. The van der Waals surface area contributed by atoms with Crippen LogP contribution in [0.3, 0.4) is 0 Å². The molecule has 0 saturated heterocycles. The number of carbonyl (C=O) groups is 2. The Kier molecular flexibility index (Phi) is 5.99. The van der Waals surface area contributed by atoms with Gasteiger partial charge in [-0.25, -0.2) is 0 Å². The van der Waals surface area contributed by atoms with Gasteiger partial charge in [0.2, 0.25) is 5.91 Å². The van der Waals surface area contributed by atoms with Gasteiger partial charge in [0.25, 0.3) is 5.91 Å². The fourth-order valence-corrected chi connectivity index (χ4v) is 3.45. The molecule has 0 aliphatic carbocycles. The third-order valence-corrected chi connectivity index (χ3v) is 4.63. The third kappa shape index (κ3) is 4.15. The van der Waals surface area contributed by atoms with Crippen molar-refractivity contribution in [2.24, 2.45) is 0 Å². The maximum atomic E-state index is 12.4. The highest BCUT2D eigenvalue weighted by Crippen LogP contribution is 2.29. The molecule has 0 spiro atoms. The van der Waals surface area contributed by atoms with Crippen LogP contribution in [0.4, 0.5) is 5.69 Å². The second kappa shape index (κ2) is 7.79. The molecular weight excluding hydrogens is 304 g/mol. The van der Waals surface area contributed by atoms with Crippen LogP contribution in [-0.2, 0) is 11.2 Å². The largest absolute Gasteiger partial charge is 0.388 e. The summed E-state index contributed by atoms with van der Waals surface area (Å²) in [6.07, 6.45) is 3.89. The third-order valence-electron chi connectivity index (χ3n) is 4.63. The van der Waals surface area contributed by atoms with Crippen molar-refractivity contribution in [3.8, 4) is 0 Å². The summed E-state index contributed by atoms with van der Waals surface area (Å²) in [6.45, 7) is 6.55. The van der Waals surface area contributed by atoms with Crippen molar-refractivity contribution >= 4 is 17.5 Å². The van der Waals surface area contributed by atoms with Crippen LogP contribution in [0.1, 0.15) is 62.4 Å². The van der Waals surface area contributed by atoms with Crippen molar-refractivity contribution in [1.29, 1.82) is 0 Å². The molecule has 1 aromatic carbocycles. The topological polar surface area (TPSA) is 69.6 Å². The van der Waals surface area contributed by atoms with E-state index in [1.54, 1.807) is 17.9 Å². The van der Waals surface area contributed by atoms with Crippen molar-refractivity contribution in [2.45, 2.75) is 58.5 Å². The number of carbonyl (C=O) groups excluding carboxylic acids is 2. The minimum Gasteiger partial charge on any atom is -0.388 e. The van der Waals surface area contributed by atoms with Gasteiger partial charge < -0.3 is 15.3 Å². The summed E-state index contributed by atoms with van der Waals surface area (Å²) in [5.41, 5.74) is 1.67. The van der Waals surface area contributed by atoms with Gasteiger partial charge in [0.05, 0.1) is 5.60 Å². The second-order valence-electron chi connectivity index (χ2n) is 6.67. The van der Waals surface area contributed by atoms with E-state index in [9.17, 15) is 14.7 Å². The van der Waals surface area contributed by atoms with Gasteiger partial charge >= 0.3 is 0 Å². The summed E-state index contributed by atoms with van der Waals surface area (Å²) < 4.78 is 0. The van der Waals surface area contributed by atoms with E-state index in [0.717, 1.165) is 30.5 Å². The van der Waals surface area contributed by atoms with E-state index in [2.05, 4.69) is 5.32 Å². The summed E-state index contributed by atoms with van der Waals surface area (Å²) >= 11 is 0. The number of hydrogen-bond donors (Lipinski definition) is 2. The first-order valence-electron chi connectivity index (χ1n) is 8.82. The molecule has 1 heterocycles. The molecule has 1 aromatic rings. The van der Waals surface area contributed by atoms with E-state index in [4.69, 9.17) is 0 Å². The zero-order valence-electron chi connectivity index (χ0n) is 14.9. The molecular formula is C19H28N2O3. The lowest BCUT2D eigenvalue weighted by molar-refractivity contribution is -0.116. The molecule has 1 aliphatic heterocycles. The zero-order valence-corrected chi connectivity index (χ0v) is 14.9. The molecule has 132 valence electrons. The summed E-state index contributed by atoms with van der Waals surface area (Å²) in [7, 11) is 0. The Morgan fingerprint density at radius 3 is 2.50 bits per heavy atom. The Morgan fingerprint density at radius 1 is 1.25 bits per heavy atom. The minimum absolute atomic E-state index is 0.0233. The van der Waals surface area contributed by atoms with Crippen molar-refractivity contribution < 1.29 is 14.7 Å². The number of amides is 2. The highest BCUT2D eigenvalue weighted by Gasteiger charge is 2.26. The monoisotopic (exact) mass is 332 g/mol. The van der Waals surface area contributed by atoms with Gasteiger partial charge in [0.1, 0.15) is 0 Å². The van der Waals surface area contributed by atoms with Gasteiger partial charge in [-0.3, -0.25) is 9.59 Å². The number of aliphatic hydroxyl groups is 1. The number of benzene rings is 1. The van der Waals surface area contributed by atoms with E-state index in [1.807, 2.05) is 26.0 Å². The van der Waals surface area contributed by atoms with Crippen molar-refractivity contribution in [1.82, 2.24) is 5.32 Å². The molecule has 0 radical (unpaired) electrons. The molecule has 5 heteroatoms. The van der Waals surface area contributed by atoms with E-state index in [0.29, 0.717) is 24.9 Å². The second-order valence-corrected chi connectivity index (χ2v) is 6.67. The summed E-state index contributed by atoms with van der Waals surface area (Å²) in [5, 5.41) is 13.5. The standard InChI is InChI=1S/C19H28N2O3/c1-4-9-19(24,10-5-2)13-20-18(23)16-6-7-17-15(12-16)8-11-21(17)14(3)22/h6-7,12,24H,4-5,8-11,13H2,1-3H3,(H,20,23). The van der Waals surface area contributed by atoms with Crippen molar-refractivity contribution in [3.63, 3.8) is 0 Å². The number of nitrogens with one attached hydrogen (secondary N) is 1. The van der Waals surface area contributed by atoms with Crippen LogP contribution in [0.15, 0.2) is 18.2 Å². The van der Waals surface area contributed by atoms with Crippen LogP contribution < -0.4 is 10.2 Å². The van der Waals surface area contributed by atoms with Crippen LogP contribution >= 0.6 is 0 Å². The predicted molar refractivity (Wildman–Crippen MR) is 95.3 cm³/mol. The lowest BCUT2D eigenvalue weighted by Crippen LogP contribution is -2.42. The number of fused-ring (bicyclic) bond motifs is 1. The fourth-order valence-electron chi connectivity index (χ4n) is 3.45. The van der Waals surface area contributed by atoms with Crippen molar-refractivity contribution in [2.75, 3.05) is 18.0 Å². The molecule has 0 bridgehead atoms. The number of rotatable bonds is 7. The molecule has 0 atom stereocenters. The van der Waals surface area contributed by atoms with Gasteiger partial charge in [0.15, 0.2) is 0 Å². The highest BCUT2D eigenvalue weighted by atomic mass is 16.3. The number of nitrogens with zero attached hydrogens (tertiary/aromatic N) is 1. The Labute approximate surface area is 144 Å². The molecule has 0 saturated carbocycles. The molecule has 5 nitrogen and oxygen atoms in total. The quantitative estimate of drug-likeness (QED) is 0.806. The van der Waals surface area contributed by atoms with Crippen LogP contribution in [0.25, 0.3) is 0 Å². The Morgan fingerprint density at radius 2 is 1.92 bits per heavy atom. The normalized spacial score (nSPS) is 13.8. The maximum Gasteiger partial charge on any atom is 0.251 e. The van der Waals surface area contributed by atoms with Gasteiger partial charge in [0, 0.05) is 31.3 Å². The van der Waals surface area contributed by atoms with E-state index in [-0.39, 0.29) is 18.4 Å². The van der Waals surface area contributed by atoms with Gasteiger partial charge in [-0.2, -0.15) is 0 Å². The van der Waals surface area contributed by atoms with Crippen LogP contribution in [0.5, 0.6) is 0 Å². The Balaban J connectivity index is 2.05. The molecule has 24 heavy (non-hydrogen) atoms. The summed E-state index contributed by atoms with van der Waals surface area (Å²) in [6, 6.07) is 5.43. The number of hydrogen-bond acceptors (Lipinski definition) is 3. The van der Waals surface area contributed by atoms with Crippen LogP contribution in [0.2, 0.25) is 0 Å². The van der Waals surface area contributed by atoms with Crippen LogP contribution in [0, 0.1) is 0 Å². The van der Waals surface area contributed by atoms with E-state index in [1.165, 1.54) is 0 Å². The minimum atomic E-state index is -0.832. The van der Waals surface area contributed by atoms with Crippen molar-refractivity contribution in [3.05, 3.63) is 29.3 Å². The zero-order chi connectivity index (χ0) is 17.7. The molecule has 0 aromatic heterocycles. The predicted octanol–water partition coefficient (Wildman–Crippen LogP) is 2.66. The molecule has 2 N–H and O–H groups in total. The van der Waals surface area contributed by atoms with Gasteiger partial charge in [-0.15, -0.1) is 0 Å². The lowest BCUT2D eigenvalue weighted by Gasteiger charge is -2.27. The first kappa shape index (κ1) is 18.5. The van der Waals surface area contributed by atoms with E-state index < -0.39 is 5.60 Å². The smallest absolute Gasteiger partial charge is 0.251 e. The first-order chi connectivity index (χ1) is 11.4. The van der Waals surface area contributed by atoms with Gasteiger partial charge in [-0.1, -0.05) is 26.7 Å². The summed E-state index contributed by atoms with van der Waals surface area (Å²) in [5.74, 6) is -0.153. The average molecular weight is 332 g/mol.